The van der Waals surface area contributed by atoms with E-state index in [0.29, 0.717) is 31.2 Å². The summed E-state index contributed by atoms with van der Waals surface area (Å²) < 4.78 is 1.01. The van der Waals surface area contributed by atoms with E-state index in [1.54, 1.807) is 6.07 Å². The van der Waals surface area contributed by atoms with Crippen molar-refractivity contribution in [3.8, 4) is 0 Å². The molecule has 0 bridgehead atoms. The summed E-state index contributed by atoms with van der Waals surface area (Å²) in [5.74, 6) is -2.38. The molecule has 0 saturated heterocycles. The molecule has 2 amide bonds. The molecule has 3 rings (SSSR count). The molecule has 0 fully saturated rings. The monoisotopic (exact) mass is 503 g/mol. The molecule has 1 heterocycles. The number of hydrogen-bond acceptors (Lipinski definition) is 5. The molecule has 37 heavy (non-hydrogen) atoms. The highest BCUT2D eigenvalue weighted by Crippen LogP contribution is 2.13. The number of carbonyl (C=O) groups is 4. The Bertz CT molecular complexity index is 1300. The molecule has 9 heteroatoms. The van der Waals surface area contributed by atoms with Gasteiger partial charge in [0.05, 0.1) is 6.42 Å². The smallest absolute Gasteiger partial charge is 0.305 e. The molecule has 2 N–H and O–H groups in total. The fraction of sp³-hybridized carbons (Fsp3) is 0.250. The van der Waals surface area contributed by atoms with Crippen LogP contribution in [0.4, 0.5) is 5.69 Å². The zero-order valence-electron chi connectivity index (χ0n) is 20.5. The van der Waals surface area contributed by atoms with Crippen molar-refractivity contribution in [2.24, 2.45) is 0 Å². The summed E-state index contributed by atoms with van der Waals surface area (Å²) in [6.07, 6.45) is 1.10. The van der Waals surface area contributed by atoms with Crippen LogP contribution in [-0.2, 0) is 38.4 Å². The number of aryl methyl sites for hydroxylation is 3. The minimum absolute atomic E-state index is 0.0762. The van der Waals surface area contributed by atoms with Crippen molar-refractivity contribution >= 4 is 29.8 Å². The van der Waals surface area contributed by atoms with Crippen molar-refractivity contribution < 1.29 is 24.3 Å². The van der Waals surface area contributed by atoms with Crippen LogP contribution in [-0.4, -0.2) is 39.9 Å². The predicted molar refractivity (Wildman–Crippen MR) is 139 cm³/mol. The molecular weight excluding hydrogens is 474 g/mol. The van der Waals surface area contributed by atoms with E-state index in [4.69, 9.17) is 0 Å². The van der Waals surface area contributed by atoms with Crippen LogP contribution in [0, 0.1) is 0 Å². The first-order valence-electron chi connectivity index (χ1n) is 11.9. The van der Waals surface area contributed by atoms with Gasteiger partial charge in [-0.2, -0.15) is 0 Å². The van der Waals surface area contributed by atoms with Gasteiger partial charge >= 0.3 is 5.97 Å². The average Bonchev–Trinajstić information content (AvgIpc) is 2.89. The molecule has 1 atom stereocenters. The predicted octanol–water partition coefficient (Wildman–Crippen LogP) is 2.73. The molecule has 0 aliphatic heterocycles. The molecule has 0 aliphatic rings. The Morgan fingerprint density at radius 1 is 0.919 bits per heavy atom. The molecule has 0 saturated carbocycles. The number of benzene rings is 2. The highest BCUT2D eigenvalue weighted by atomic mass is 16.4. The highest BCUT2D eigenvalue weighted by molar-refractivity contribution is 5.92. The third-order valence-electron chi connectivity index (χ3n) is 5.80. The number of nitrogens with zero attached hydrogens (tertiary/aromatic N) is 2. The lowest BCUT2D eigenvalue weighted by Crippen LogP contribution is -2.54. The van der Waals surface area contributed by atoms with Gasteiger partial charge in [0, 0.05) is 19.0 Å². The van der Waals surface area contributed by atoms with Crippen LogP contribution in [0.5, 0.6) is 0 Å². The molecule has 0 aliphatic carbocycles. The Balaban J connectivity index is 1.95. The molecule has 9 nitrogen and oxygen atoms in total. The summed E-state index contributed by atoms with van der Waals surface area (Å²) in [7, 11) is 0. The van der Waals surface area contributed by atoms with Gasteiger partial charge in [-0.3, -0.25) is 19.2 Å². The van der Waals surface area contributed by atoms with Crippen molar-refractivity contribution in [2.75, 3.05) is 10.3 Å². The number of carboxylic acid groups (broad SMARTS) is 1. The van der Waals surface area contributed by atoms with Crippen molar-refractivity contribution in [2.45, 2.75) is 45.1 Å². The van der Waals surface area contributed by atoms with Crippen LogP contribution in [0.2, 0.25) is 0 Å². The number of aliphatic carboxylic acids is 1. The number of anilines is 1. The summed E-state index contributed by atoms with van der Waals surface area (Å²) in [6.45, 7) is 1.15. The topological polar surface area (TPSA) is 126 Å². The number of nitrogens with one attached hydrogen (secondary N) is 1. The maximum Gasteiger partial charge on any atom is 0.305 e. The standard InChI is InChI=1S/C28H29N3O6/c1-20(33)30(24(19-32)18-27(35)36)31-23(14-12-21-8-4-2-5-9-21)15-16-25(28(31)37)29-26(34)17-13-22-10-6-3-7-11-22/h2-11,15-16,19,24H,12-14,17-18H2,1H3,(H,29,34)(H,35,36)/t24-/m0/s1. The van der Waals surface area contributed by atoms with Gasteiger partial charge < -0.3 is 15.2 Å². The largest absolute Gasteiger partial charge is 0.481 e. The van der Waals surface area contributed by atoms with Gasteiger partial charge in [-0.25, -0.2) is 9.69 Å². The van der Waals surface area contributed by atoms with E-state index < -0.39 is 35.8 Å². The van der Waals surface area contributed by atoms with Crippen molar-refractivity contribution in [3.63, 3.8) is 0 Å². The Kier molecular flexibility index (Phi) is 9.48. The Labute approximate surface area is 214 Å². The summed E-state index contributed by atoms with van der Waals surface area (Å²) >= 11 is 0. The van der Waals surface area contributed by atoms with Crippen LogP contribution in [0.1, 0.15) is 36.6 Å². The van der Waals surface area contributed by atoms with Crippen LogP contribution in [0.25, 0.3) is 0 Å². The Morgan fingerprint density at radius 2 is 1.51 bits per heavy atom. The molecule has 1 aromatic heterocycles. The van der Waals surface area contributed by atoms with Gasteiger partial charge in [0.1, 0.15) is 18.0 Å². The summed E-state index contributed by atoms with van der Waals surface area (Å²) in [5.41, 5.74) is 1.55. The number of pyridine rings is 1. The highest BCUT2D eigenvalue weighted by Gasteiger charge is 2.28. The van der Waals surface area contributed by atoms with E-state index >= 15 is 0 Å². The first kappa shape index (κ1) is 27.1. The van der Waals surface area contributed by atoms with E-state index in [-0.39, 0.29) is 12.1 Å². The quantitative estimate of drug-likeness (QED) is 0.366. The van der Waals surface area contributed by atoms with E-state index in [1.165, 1.54) is 6.07 Å². The van der Waals surface area contributed by atoms with Crippen molar-refractivity contribution in [1.82, 2.24) is 4.68 Å². The first-order chi connectivity index (χ1) is 17.8. The van der Waals surface area contributed by atoms with Gasteiger partial charge in [0.15, 0.2) is 0 Å². The summed E-state index contributed by atoms with van der Waals surface area (Å²) in [4.78, 5) is 62.0. The normalized spacial score (nSPS) is 11.4. The van der Waals surface area contributed by atoms with E-state index in [2.05, 4.69) is 5.32 Å². The summed E-state index contributed by atoms with van der Waals surface area (Å²) in [6, 6.07) is 20.6. The van der Waals surface area contributed by atoms with Crippen molar-refractivity contribution in [3.05, 3.63) is 100.0 Å². The molecule has 2 aromatic carbocycles. The average molecular weight is 504 g/mol. The van der Waals surface area contributed by atoms with Crippen molar-refractivity contribution in [1.29, 1.82) is 0 Å². The maximum atomic E-state index is 13.6. The third kappa shape index (κ3) is 7.47. The molecule has 3 aromatic rings. The van der Waals surface area contributed by atoms with Crippen LogP contribution >= 0.6 is 0 Å². The number of amides is 2. The number of carboxylic acids is 1. The van der Waals surface area contributed by atoms with E-state index in [0.717, 1.165) is 27.7 Å². The molecule has 0 radical (unpaired) electrons. The number of aromatic nitrogens is 1. The second-order valence-corrected chi connectivity index (χ2v) is 8.54. The second kappa shape index (κ2) is 13.0. The Hall–Kier alpha value is -4.53. The number of carbonyl (C=O) groups excluding carboxylic acids is 3. The zero-order chi connectivity index (χ0) is 26.8. The van der Waals surface area contributed by atoms with Crippen LogP contribution < -0.4 is 15.9 Å². The van der Waals surface area contributed by atoms with Crippen LogP contribution in [0.15, 0.2) is 77.6 Å². The Morgan fingerprint density at radius 3 is 2.05 bits per heavy atom. The third-order valence-corrected chi connectivity index (χ3v) is 5.80. The molecule has 0 spiro atoms. The lowest BCUT2D eigenvalue weighted by molar-refractivity contribution is -0.138. The molecule has 0 unspecified atom stereocenters. The SMILES string of the molecule is CC(=O)N([C@H](C=O)CC(=O)O)n1c(CCc2ccccc2)ccc(NC(=O)CCc2ccccc2)c1=O. The minimum Gasteiger partial charge on any atom is -0.481 e. The van der Waals surface area contributed by atoms with Gasteiger partial charge in [0.2, 0.25) is 11.8 Å². The summed E-state index contributed by atoms with van der Waals surface area (Å²) in [5, 5.41) is 12.7. The van der Waals surface area contributed by atoms with Crippen LogP contribution in [0.3, 0.4) is 0 Å². The van der Waals surface area contributed by atoms with Gasteiger partial charge in [-0.05, 0) is 42.5 Å². The van der Waals surface area contributed by atoms with E-state index in [9.17, 15) is 29.1 Å². The minimum atomic E-state index is -1.41. The fourth-order valence-electron chi connectivity index (χ4n) is 4.01. The van der Waals surface area contributed by atoms with Gasteiger partial charge in [-0.15, -0.1) is 0 Å². The lowest BCUT2D eigenvalue weighted by atomic mass is 10.1. The fourth-order valence-corrected chi connectivity index (χ4v) is 4.01. The number of rotatable bonds is 12. The lowest BCUT2D eigenvalue weighted by Gasteiger charge is -2.30. The second-order valence-electron chi connectivity index (χ2n) is 8.54. The molecular formula is C28H29N3O6. The maximum absolute atomic E-state index is 13.6. The van der Waals surface area contributed by atoms with Gasteiger partial charge in [0.25, 0.3) is 5.56 Å². The number of aldehydes is 1. The zero-order valence-corrected chi connectivity index (χ0v) is 20.5. The van der Waals surface area contributed by atoms with E-state index in [1.807, 2.05) is 60.7 Å². The van der Waals surface area contributed by atoms with Gasteiger partial charge in [-0.1, -0.05) is 60.7 Å². The number of hydrogen-bond donors (Lipinski definition) is 2. The molecule has 192 valence electrons. The first-order valence-corrected chi connectivity index (χ1v) is 11.9.